The number of aromatic amines is 1. The van der Waals surface area contributed by atoms with Crippen LogP contribution in [0, 0.1) is 5.41 Å². The third kappa shape index (κ3) is 5.06. The van der Waals surface area contributed by atoms with Crippen molar-refractivity contribution in [3.63, 3.8) is 0 Å². The van der Waals surface area contributed by atoms with E-state index in [-0.39, 0.29) is 18.4 Å². The summed E-state index contributed by atoms with van der Waals surface area (Å²) in [5.74, 6) is -0.721. The van der Waals surface area contributed by atoms with Gasteiger partial charge in [0.05, 0.1) is 11.3 Å². The molecule has 1 fully saturated rings. The molecule has 1 unspecified atom stereocenters. The van der Waals surface area contributed by atoms with Gasteiger partial charge in [-0.1, -0.05) is 48.5 Å². The fourth-order valence-electron chi connectivity index (χ4n) is 5.62. The lowest BCUT2D eigenvalue weighted by atomic mass is 9.73. The molecular weight excluding hydrogens is 492 g/mol. The van der Waals surface area contributed by atoms with Gasteiger partial charge < -0.3 is 20.9 Å². The van der Waals surface area contributed by atoms with Gasteiger partial charge in [0.1, 0.15) is 11.5 Å². The number of nitrogens with zero attached hydrogens (tertiary/aromatic N) is 3. The molecule has 0 aliphatic carbocycles. The maximum atomic E-state index is 14.2. The van der Waals surface area contributed by atoms with E-state index >= 15 is 0 Å². The molecule has 5 rings (SSSR count). The normalized spacial score (nSPS) is 20.1. The lowest BCUT2D eigenvalue weighted by molar-refractivity contribution is -0.143. The fourth-order valence-corrected chi connectivity index (χ4v) is 5.62. The molecule has 0 saturated carbocycles. The van der Waals surface area contributed by atoms with Crippen LogP contribution in [0.25, 0.3) is 10.9 Å². The van der Waals surface area contributed by atoms with Crippen molar-refractivity contribution in [3.8, 4) is 0 Å². The molecule has 2 atom stereocenters. The molecule has 9 heteroatoms. The molecule has 1 aromatic heterocycles. The highest BCUT2D eigenvalue weighted by Gasteiger charge is 2.54. The van der Waals surface area contributed by atoms with E-state index in [0.717, 1.165) is 27.7 Å². The summed E-state index contributed by atoms with van der Waals surface area (Å²) in [7, 11) is 0. The van der Waals surface area contributed by atoms with E-state index in [9.17, 15) is 14.4 Å². The number of carbonyl (C=O) groups excluding carboxylic acids is 3. The molecule has 3 amide bonds. The van der Waals surface area contributed by atoms with Gasteiger partial charge >= 0.3 is 0 Å². The lowest BCUT2D eigenvalue weighted by Crippen LogP contribution is -2.61. The van der Waals surface area contributed by atoms with Crippen LogP contribution in [0.4, 0.5) is 0 Å². The Bertz CT molecular complexity index is 1420. The highest BCUT2D eigenvalue weighted by Crippen LogP contribution is 2.39. The Kier molecular flexibility index (Phi) is 7.03. The number of rotatable bonds is 8. The highest BCUT2D eigenvalue weighted by molar-refractivity contribution is 6.14. The summed E-state index contributed by atoms with van der Waals surface area (Å²) in [5, 5.41) is 10.1. The van der Waals surface area contributed by atoms with Crippen molar-refractivity contribution in [2.24, 2.45) is 16.3 Å². The molecule has 39 heavy (non-hydrogen) atoms. The number of piperidine rings is 1. The third-order valence-corrected chi connectivity index (χ3v) is 7.76. The maximum Gasteiger partial charge on any atom is 0.256 e. The molecule has 3 heterocycles. The topological polar surface area (TPSA) is 124 Å². The van der Waals surface area contributed by atoms with Gasteiger partial charge in [-0.05, 0) is 44.4 Å². The number of likely N-dealkylation sites (tertiary alicyclic amines) is 1. The number of H-pyrrole nitrogens is 1. The molecule has 9 nitrogen and oxygen atoms in total. The minimum Gasteiger partial charge on any atom is -0.361 e. The number of hydrazone groups is 1. The van der Waals surface area contributed by atoms with Crippen molar-refractivity contribution < 1.29 is 14.4 Å². The SMILES string of the molecule is CCN1N=C2CCN(C(=O)C(Cc3c[nH]c4ccccc34)NC(=O)C(C)(C)N)C[C@]2(Cc2ccccc2)C1=O. The van der Waals surface area contributed by atoms with Gasteiger partial charge in [0, 0.05) is 49.6 Å². The van der Waals surface area contributed by atoms with Crippen LogP contribution in [0.2, 0.25) is 0 Å². The number of benzene rings is 2. The van der Waals surface area contributed by atoms with Crippen LogP contribution in [-0.4, -0.2) is 69.5 Å². The molecule has 2 aliphatic rings. The lowest BCUT2D eigenvalue weighted by Gasteiger charge is -2.41. The first kappa shape index (κ1) is 26.6. The molecule has 2 aliphatic heterocycles. The van der Waals surface area contributed by atoms with Gasteiger partial charge in [0.25, 0.3) is 5.91 Å². The average molecular weight is 529 g/mol. The highest BCUT2D eigenvalue weighted by atomic mass is 16.2. The van der Waals surface area contributed by atoms with E-state index < -0.39 is 22.9 Å². The Morgan fingerprint density at radius 1 is 1.15 bits per heavy atom. The molecular formula is C30H36N6O3. The van der Waals surface area contributed by atoms with Crippen LogP contribution in [0.5, 0.6) is 0 Å². The first-order valence-corrected chi connectivity index (χ1v) is 13.5. The van der Waals surface area contributed by atoms with Gasteiger partial charge in [-0.15, -0.1) is 0 Å². The summed E-state index contributed by atoms with van der Waals surface area (Å²) < 4.78 is 0. The Morgan fingerprint density at radius 2 is 1.87 bits per heavy atom. The first-order chi connectivity index (χ1) is 18.6. The second kappa shape index (κ2) is 10.3. The second-order valence-electron chi connectivity index (χ2n) is 11.1. The van der Waals surface area contributed by atoms with Crippen molar-refractivity contribution in [2.45, 2.75) is 51.6 Å². The molecule has 204 valence electrons. The Hall–Kier alpha value is -3.98. The largest absolute Gasteiger partial charge is 0.361 e. The molecule has 4 N–H and O–H groups in total. The summed E-state index contributed by atoms with van der Waals surface area (Å²) in [6.07, 6.45) is 3.13. The molecule has 0 bridgehead atoms. The van der Waals surface area contributed by atoms with Gasteiger partial charge in [-0.25, -0.2) is 5.01 Å². The Labute approximate surface area is 228 Å². The summed E-state index contributed by atoms with van der Waals surface area (Å²) in [4.78, 5) is 45.8. The van der Waals surface area contributed by atoms with Gasteiger partial charge in [0.15, 0.2) is 0 Å². The molecule has 1 saturated heterocycles. The molecule has 3 aromatic rings. The van der Waals surface area contributed by atoms with Crippen LogP contribution < -0.4 is 11.1 Å². The van der Waals surface area contributed by atoms with Gasteiger partial charge in [-0.3, -0.25) is 14.4 Å². The van der Waals surface area contributed by atoms with Crippen molar-refractivity contribution in [1.29, 1.82) is 0 Å². The van der Waals surface area contributed by atoms with Crippen LogP contribution in [0.3, 0.4) is 0 Å². The van der Waals surface area contributed by atoms with Crippen molar-refractivity contribution in [3.05, 3.63) is 71.9 Å². The van der Waals surface area contributed by atoms with Crippen molar-refractivity contribution >= 4 is 34.3 Å². The predicted molar refractivity (Wildman–Crippen MR) is 151 cm³/mol. The zero-order chi connectivity index (χ0) is 27.8. The second-order valence-corrected chi connectivity index (χ2v) is 11.1. The smallest absolute Gasteiger partial charge is 0.256 e. The predicted octanol–water partition coefficient (Wildman–Crippen LogP) is 2.61. The maximum absolute atomic E-state index is 14.2. The van der Waals surface area contributed by atoms with E-state index in [1.54, 1.807) is 18.7 Å². The minimum absolute atomic E-state index is 0.0818. The summed E-state index contributed by atoms with van der Waals surface area (Å²) in [6.45, 7) is 6.24. The number of nitrogens with two attached hydrogens (primary N) is 1. The molecule has 0 spiro atoms. The quantitative estimate of drug-likeness (QED) is 0.416. The zero-order valence-corrected chi connectivity index (χ0v) is 22.7. The number of fused-ring (bicyclic) bond motifs is 2. The van der Waals surface area contributed by atoms with E-state index in [0.29, 0.717) is 32.4 Å². The molecule has 2 aromatic carbocycles. The van der Waals surface area contributed by atoms with Crippen LogP contribution in [0.1, 0.15) is 38.3 Å². The van der Waals surface area contributed by atoms with E-state index in [4.69, 9.17) is 5.73 Å². The zero-order valence-electron chi connectivity index (χ0n) is 22.7. The number of carbonyl (C=O) groups is 3. The number of nitrogens with one attached hydrogen (secondary N) is 2. The van der Waals surface area contributed by atoms with Crippen molar-refractivity contribution in [1.82, 2.24) is 20.2 Å². The van der Waals surface area contributed by atoms with Crippen LogP contribution >= 0.6 is 0 Å². The molecule has 0 radical (unpaired) electrons. The number of hydrogen-bond acceptors (Lipinski definition) is 5. The minimum atomic E-state index is -1.15. The van der Waals surface area contributed by atoms with Gasteiger partial charge in [0.2, 0.25) is 11.8 Å². The Morgan fingerprint density at radius 3 is 2.59 bits per heavy atom. The third-order valence-electron chi connectivity index (χ3n) is 7.76. The monoisotopic (exact) mass is 528 g/mol. The first-order valence-electron chi connectivity index (χ1n) is 13.5. The van der Waals surface area contributed by atoms with E-state index in [1.165, 1.54) is 5.01 Å². The fraction of sp³-hybridized carbons (Fsp3) is 0.400. The summed E-state index contributed by atoms with van der Waals surface area (Å²) in [5.41, 5.74) is 7.73. The Balaban J connectivity index is 1.46. The van der Waals surface area contributed by atoms with Crippen molar-refractivity contribution in [2.75, 3.05) is 19.6 Å². The summed E-state index contributed by atoms with van der Waals surface area (Å²) in [6, 6.07) is 16.9. The number of aromatic nitrogens is 1. The standard InChI is InChI=1S/C30H36N6O3/c1-4-36-28(39)30(17-20-10-6-5-7-11-20)19-35(15-14-25(30)34-36)26(37)24(33-27(38)29(2,3)31)16-21-18-32-23-13-9-8-12-22(21)23/h5-13,18,24,32H,4,14-17,19,31H2,1-3H3,(H,33,38)/t24?,30-/m0/s1. The average Bonchev–Trinajstić information content (AvgIpc) is 3.45. The van der Waals surface area contributed by atoms with E-state index in [1.807, 2.05) is 67.7 Å². The number of hydrogen-bond donors (Lipinski definition) is 3. The van der Waals surface area contributed by atoms with E-state index in [2.05, 4.69) is 15.4 Å². The van der Waals surface area contributed by atoms with Crippen LogP contribution in [0.15, 0.2) is 65.9 Å². The van der Waals surface area contributed by atoms with Crippen LogP contribution in [-0.2, 0) is 27.2 Å². The number of para-hydroxylation sites is 1. The number of amides is 3. The van der Waals surface area contributed by atoms with Gasteiger partial charge in [-0.2, -0.15) is 5.10 Å². The summed E-state index contributed by atoms with van der Waals surface area (Å²) >= 11 is 0.